The first-order valence-electron chi connectivity index (χ1n) is 10.1. The normalized spacial score (nSPS) is 11.9. The Bertz CT molecular complexity index is 1700. The van der Waals surface area contributed by atoms with Gasteiger partial charge in [-0.15, -0.1) is 18.9 Å². The molecule has 7 N–H and O–H groups in total. The van der Waals surface area contributed by atoms with Crippen molar-refractivity contribution in [3.05, 3.63) is 48.0 Å². The van der Waals surface area contributed by atoms with Crippen LogP contribution in [0.3, 0.4) is 0 Å². The summed E-state index contributed by atoms with van der Waals surface area (Å²) in [5, 5.41) is 45.4. The van der Waals surface area contributed by atoms with Gasteiger partial charge in [0.1, 0.15) is 28.3 Å². The number of rotatable bonds is 11. The summed E-state index contributed by atoms with van der Waals surface area (Å²) in [5.41, 5.74) is 5.72. The minimum absolute atomic E-state index is 0.0237. The average Bonchev–Trinajstić information content (AvgIpc) is 2.90. The van der Waals surface area contributed by atoms with E-state index >= 15 is 0 Å². The van der Waals surface area contributed by atoms with Crippen LogP contribution in [0.25, 0.3) is 10.8 Å². The Morgan fingerprint density at radius 2 is 1.77 bits per heavy atom. The van der Waals surface area contributed by atoms with Crippen molar-refractivity contribution in [2.45, 2.75) is 14.7 Å². The number of azo groups is 1. The lowest BCUT2D eigenvalue weighted by Gasteiger charge is -2.12. The maximum atomic E-state index is 12.2. The van der Waals surface area contributed by atoms with Gasteiger partial charge in [-0.1, -0.05) is 10.1 Å². The summed E-state index contributed by atoms with van der Waals surface area (Å²) < 4.78 is 43.2. The number of nitrogens with two attached hydrogens (primary N) is 1. The van der Waals surface area contributed by atoms with Crippen LogP contribution in [-0.4, -0.2) is 43.5 Å². The van der Waals surface area contributed by atoms with E-state index in [1.807, 2.05) is 0 Å². The highest BCUT2D eigenvalue weighted by Gasteiger charge is 2.23. The van der Waals surface area contributed by atoms with Gasteiger partial charge in [-0.3, -0.25) is 4.55 Å². The van der Waals surface area contributed by atoms with E-state index in [1.54, 1.807) is 6.07 Å². The lowest BCUT2D eigenvalue weighted by Crippen LogP contribution is -2.02. The molecule has 3 aromatic carbocycles. The van der Waals surface area contributed by atoms with Gasteiger partial charge in [0, 0.05) is 16.0 Å². The third kappa shape index (κ3) is 7.01. The molecule has 0 radical (unpaired) electrons. The smallest absolute Gasteiger partial charge is 0.296 e. The largest absolute Gasteiger partial charge is 0.507 e. The maximum absolute atomic E-state index is 12.2. The molecule has 0 unspecified atom stereocenters. The van der Waals surface area contributed by atoms with E-state index in [0.717, 1.165) is 6.07 Å². The van der Waals surface area contributed by atoms with Crippen molar-refractivity contribution in [1.82, 2.24) is 15.0 Å². The molecular weight excluding hydrogens is 618 g/mol. The minimum Gasteiger partial charge on any atom is -0.507 e. The van der Waals surface area contributed by atoms with Crippen LogP contribution < -0.4 is 11.1 Å². The van der Waals surface area contributed by atoms with Crippen molar-refractivity contribution in [2.75, 3.05) is 11.1 Å². The molecule has 1 heterocycles. The van der Waals surface area contributed by atoms with Crippen LogP contribution in [0.5, 0.6) is 5.75 Å². The SMILES string of the molecule is Nc1c(N=Nc2cc(Nc3ncnc(Cl)n3)ccc2SOOO)c(S(=O)(=O)O)cc2cc(SOOO)cc(O)c12. The Balaban J connectivity index is 1.82. The fourth-order valence-electron chi connectivity index (χ4n) is 3.26. The van der Waals surface area contributed by atoms with Gasteiger partial charge in [0.15, 0.2) is 0 Å². The summed E-state index contributed by atoms with van der Waals surface area (Å²) >= 11 is 6.80. The van der Waals surface area contributed by atoms with Gasteiger partial charge in [0.05, 0.1) is 34.7 Å². The van der Waals surface area contributed by atoms with Crippen LogP contribution in [-0.2, 0) is 28.9 Å². The molecule has 0 atom stereocenters. The first kappa shape index (κ1) is 29.6. The minimum atomic E-state index is -4.92. The molecular formula is C19H14ClN7O10S3. The predicted molar refractivity (Wildman–Crippen MR) is 140 cm³/mol. The fourth-order valence-corrected chi connectivity index (χ4v) is 4.91. The molecule has 0 aliphatic rings. The number of nitrogen functional groups attached to an aromatic ring is 1. The summed E-state index contributed by atoms with van der Waals surface area (Å²) in [6.07, 6.45) is 1.18. The van der Waals surface area contributed by atoms with Gasteiger partial charge in [-0.05, 0) is 53.4 Å². The maximum Gasteiger partial charge on any atom is 0.296 e. The number of phenolic OH excluding ortho intramolecular Hbond substituents is 1. The number of hydrogen-bond donors (Lipinski definition) is 6. The highest BCUT2D eigenvalue weighted by molar-refractivity contribution is 7.94. The van der Waals surface area contributed by atoms with Gasteiger partial charge >= 0.3 is 0 Å². The van der Waals surface area contributed by atoms with Crippen molar-refractivity contribution in [3.63, 3.8) is 0 Å². The molecule has 1 aromatic heterocycles. The second kappa shape index (κ2) is 12.8. The number of aromatic nitrogens is 3. The van der Waals surface area contributed by atoms with Gasteiger partial charge in [-0.25, -0.2) is 20.5 Å². The van der Waals surface area contributed by atoms with Crippen LogP contribution in [0.15, 0.2) is 67.6 Å². The molecule has 4 aromatic rings. The molecule has 0 amide bonds. The molecule has 0 aliphatic heterocycles. The van der Waals surface area contributed by atoms with Crippen molar-refractivity contribution in [1.29, 1.82) is 0 Å². The first-order valence-corrected chi connectivity index (χ1v) is 13.4. The Hall–Kier alpha value is -3.41. The quantitative estimate of drug-likeness (QED) is 0.0309. The van der Waals surface area contributed by atoms with Gasteiger partial charge in [0.25, 0.3) is 10.1 Å². The Morgan fingerprint density at radius 1 is 1.02 bits per heavy atom. The molecule has 0 saturated carbocycles. The van der Waals surface area contributed by atoms with E-state index in [9.17, 15) is 18.1 Å². The summed E-state index contributed by atoms with van der Waals surface area (Å²) in [4.78, 5) is 11.2. The Labute approximate surface area is 236 Å². The molecule has 0 saturated heterocycles. The molecule has 40 heavy (non-hydrogen) atoms. The van der Waals surface area contributed by atoms with Gasteiger partial charge < -0.3 is 16.2 Å². The number of aromatic hydroxyl groups is 1. The number of fused-ring (bicyclic) bond motifs is 1. The van der Waals surface area contributed by atoms with Crippen LogP contribution in [0, 0.1) is 0 Å². The molecule has 0 spiro atoms. The van der Waals surface area contributed by atoms with Crippen molar-refractivity contribution >= 4 is 85.3 Å². The highest BCUT2D eigenvalue weighted by atomic mass is 35.5. The Kier molecular flexibility index (Phi) is 9.49. The van der Waals surface area contributed by atoms with Crippen molar-refractivity contribution < 1.29 is 47.3 Å². The lowest BCUT2D eigenvalue weighted by atomic mass is 10.1. The number of nitrogens with one attached hydrogen (secondary N) is 1. The third-order valence-corrected chi connectivity index (χ3v) is 7.03. The number of nitrogens with zero attached hydrogens (tertiary/aromatic N) is 5. The van der Waals surface area contributed by atoms with Crippen LogP contribution >= 0.6 is 35.7 Å². The number of halogens is 1. The number of phenols is 1. The van der Waals surface area contributed by atoms with Crippen molar-refractivity contribution in [3.8, 4) is 5.75 Å². The van der Waals surface area contributed by atoms with Crippen LogP contribution in [0.4, 0.5) is 28.7 Å². The van der Waals surface area contributed by atoms with Gasteiger partial charge in [0.2, 0.25) is 11.2 Å². The zero-order valence-electron chi connectivity index (χ0n) is 19.2. The zero-order valence-corrected chi connectivity index (χ0v) is 22.4. The fraction of sp³-hybridized carbons (Fsp3) is 0. The van der Waals surface area contributed by atoms with Gasteiger partial charge in [-0.2, -0.15) is 13.4 Å². The molecule has 0 aliphatic carbocycles. The molecule has 0 bridgehead atoms. The number of anilines is 3. The third-order valence-electron chi connectivity index (χ3n) is 4.77. The van der Waals surface area contributed by atoms with E-state index in [2.05, 4.69) is 49.2 Å². The summed E-state index contributed by atoms with van der Waals surface area (Å²) in [6, 6.07) is 7.97. The van der Waals surface area contributed by atoms with Crippen LogP contribution in [0.1, 0.15) is 0 Å². The van der Waals surface area contributed by atoms with E-state index in [1.165, 1.54) is 30.6 Å². The average molecular weight is 632 g/mol. The predicted octanol–water partition coefficient (Wildman–Crippen LogP) is 5.23. The summed E-state index contributed by atoms with van der Waals surface area (Å²) in [7, 11) is -4.92. The second-order valence-electron chi connectivity index (χ2n) is 7.19. The summed E-state index contributed by atoms with van der Waals surface area (Å²) in [5.74, 6) is -0.320. The summed E-state index contributed by atoms with van der Waals surface area (Å²) in [6.45, 7) is 0. The molecule has 4 rings (SSSR count). The number of hydrogen-bond acceptors (Lipinski definition) is 18. The van der Waals surface area contributed by atoms with Crippen LogP contribution in [0.2, 0.25) is 5.28 Å². The van der Waals surface area contributed by atoms with Crippen molar-refractivity contribution in [2.24, 2.45) is 10.2 Å². The standard InChI is InChI=1S/C19H14ClN7O10S3/c20-18-22-7-23-19(25-18)24-9-1-2-13(39-37-35-30)11(5-9)26-27-17-14(40(31,32)33)4-8-3-10(38-36-34-29)6-12(28)15(8)16(17)21/h1-7,28-30H,21H2,(H,31,32,33)(H,22,23,24,25). The zero-order chi connectivity index (χ0) is 28.9. The number of benzene rings is 3. The Morgan fingerprint density at radius 3 is 2.48 bits per heavy atom. The molecule has 210 valence electrons. The van der Waals surface area contributed by atoms with E-state index in [4.69, 9.17) is 27.8 Å². The first-order chi connectivity index (χ1) is 19.1. The lowest BCUT2D eigenvalue weighted by molar-refractivity contribution is -0.432. The monoisotopic (exact) mass is 631 g/mol. The molecule has 21 heteroatoms. The van der Waals surface area contributed by atoms with E-state index < -0.39 is 26.5 Å². The second-order valence-corrected chi connectivity index (χ2v) is 10.4. The molecule has 17 nitrogen and oxygen atoms in total. The topological polar surface area (TPSA) is 253 Å². The highest BCUT2D eigenvalue weighted by Crippen LogP contribution is 2.44. The van der Waals surface area contributed by atoms with E-state index in [-0.39, 0.29) is 43.2 Å². The van der Waals surface area contributed by atoms with E-state index in [0.29, 0.717) is 29.8 Å². The molecule has 0 fully saturated rings.